The summed E-state index contributed by atoms with van der Waals surface area (Å²) in [6.45, 7) is 3.77. The first kappa shape index (κ1) is 13.9. The van der Waals surface area contributed by atoms with Crippen LogP contribution in [0.25, 0.3) is 0 Å². The molecule has 0 amide bonds. The van der Waals surface area contributed by atoms with Crippen molar-refractivity contribution < 1.29 is 28.7 Å². The van der Waals surface area contributed by atoms with Gasteiger partial charge in [0, 0.05) is 5.75 Å². The number of rotatable bonds is 1. The van der Waals surface area contributed by atoms with E-state index in [1.54, 1.807) is 7.11 Å². The van der Waals surface area contributed by atoms with Gasteiger partial charge in [-0.1, -0.05) is 12.1 Å². The van der Waals surface area contributed by atoms with Crippen LogP contribution in [0.4, 0.5) is 0 Å². The Kier molecular flexibility index (Phi) is 8.95. The third-order valence-corrected chi connectivity index (χ3v) is 1.19. The second-order valence-corrected chi connectivity index (χ2v) is 1.81. The fourth-order valence-corrected chi connectivity index (χ4v) is 0.703. The van der Waals surface area contributed by atoms with E-state index in [1.807, 2.05) is 24.3 Å². The topological polar surface area (TPSA) is 9.23 Å². The van der Waals surface area contributed by atoms with Crippen LogP contribution < -0.4 is 28.7 Å². The number of ether oxygens (including phenoxy) is 1. The molecule has 1 rings (SSSR count). The number of para-hydroxylation sites is 1. The molecule has 0 aliphatic rings. The molecular formula is C8H9IMgO. The Morgan fingerprint density at radius 1 is 1.27 bits per heavy atom. The van der Waals surface area contributed by atoms with Crippen LogP contribution in [-0.4, -0.2) is 30.2 Å². The van der Waals surface area contributed by atoms with Gasteiger partial charge in [-0.05, 0) is 0 Å². The van der Waals surface area contributed by atoms with Crippen molar-refractivity contribution in [3.8, 4) is 5.75 Å². The molecule has 0 aromatic heterocycles. The number of hydrogen-bond acceptors (Lipinski definition) is 1. The normalized spacial score (nSPS) is 7.36. The third kappa shape index (κ3) is 4.08. The van der Waals surface area contributed by atoms with E-state index in [-0.39, 0.29) is 47.0 Å². The Morgan fingerprint density at radius 2 is 1.82 bits per heavy atom. The van der Waals surface area contributed by atoms with Crippen LogP contribution >= 0.6 is 0 Å². The molecule has 0 saturated heterocycles. The van der Waals surface area contributed by atoms with Crippen LogP contribution in [0.5, 0.6) is 5.75 Å². The SMILES string of the molecule is [CH2-]c1ccccc1OC.[I-].[Mg+2]. The van der Waals surface area contributed by atoms with E-state index in [9.17, 15) is 0 Å². The molecule has 0 N–H and O–H groups in total. The third-order valence-electron chi connectivity index (χ3n) is 1.19. The molecule has 3 heteroatoms. The molecule has 0 spiro atoms. The van der Waals surface area contributed by atoms with Crippen molar-refractivity contribution in [2.45, 2.75) is 0 Å². The number of hydrogen-bond donors (Lipinski definition) is 0. The van der Waals surface area contributed by atoms with Gasteiger partial charge in [-0.15, -0.1) is 6.07 Å². The smallest absolute Gasteiger partial charge is 1.00 e. The summed E-state index contributed by atoms with van der Waals surface area (Å²) in [6.07, 6.45) is 0. The van der Waals surface area contributed by atoms with Crippen LogP contribution in [-0.2, 0) is 0 Å². The minimum Gasteiger partial charge on any atom is -1.00 e. The molecule has 0 fully saturated rings. The van der Waals surface area contributed by atoms with E-state index in [2.05, 4.69) is 6.92 Å². The van der Waals surface area contributed by atoms with Crippen LogP contribution in [0.3, 0.4) is 0 Å². The molecule has 0 aliphatic heterocycles. The Hall–Kier alpha value is 0.386. The minimum absolute atomic E-state index is 0. The fraction of sp³-hybridized carbons (Fsp3) is 0.125. The Balaban J connectivity index is 0. The summed E-state index contributed by atoms with van der Waals surface area (Å²) in [4.78, 5) is 0. The summed E-state index contributed by atoms with van der Waals surface area (Å²) in [5, 5.41) is 0. The monoisotopic (exact) mass is 272 g/mol. The van der Waals surface area contributed by atoms with Crippen LogP contribution in [0.15, 0.2) is 24.3 Å². The largest absolute Gasteiger partial charge is 2.00 e. The van der Waals surface area contributed by atoms with Crippen molar-refractivity contribution in [2.75, 3.05) is 7.11 Å². The van der Waals surface area contributed by atoms with E-state index in [1.165, 1.54) is 0 Å². The molecule has 1 aromatic carbocycles. The maximum atomic E-state index is 4.98. The van der Waals surface area contributed by atoms with E-state index < -0.39 is 0 Å². The van der Waals surface area contributed by atoms with Gasteiger partial charge in [-0.3, -0.25) is 0 Å². The molecule has 0 saturated carbocycles. The van der Waals surface area contributed by atoms with E-state index in [0.29, 0.717) is 0 Å². The molecular weight excluding hydrogens is 263 g/mol. The fourth-order valence-electron chi connectivity index (χ4n) is 0.703. The van der Waals surface area contributed by atoms with Gasteiger partial charge in [0.2, 0.25) is 0 Å². The maximum absolute atomic E-state index is 4.98. The van der Waals surface area contributed by atoms with Crippen LogP contribution in [0.2, 0.25) is 0 Å². The first-order valence-electron chi connectivity index (χ1n) is 2.79. The molecule has 1 nitrogen and oxygen atoms in total. The van der Waals surface area contributed by atoms with Crippen molar-refractivity contribution in [3.05, 3.63) is 36.8 Å². The zero-order valence-corrected chi connectivity index (χ0v) is 10.1. The van der Waals surface area contributed by atoms with Crippen molar-refractivity contribution in [1.82, 2.24) is 0 Å². The van der Waals surface area contributed by atoms with Crippen molar-refractivity contribution in [1.29, 1.82) is 0 Å². The van der Waals surface area contributed by atoms with Gasteiger partial charge in [-0.2, -0.15) is 18.6 Å². The molecule has 0 aliphatic carbocycles. The minimum atomic E-state index is 0. The van der Waals surface area contributed by atoms with Crippen molar-refractivity contribution >= 4 is 23.1 Å². The van der Waals surface area contributed by atoms with Gasteiger partial charge >= 0.3 is 23.1 Å². The summed E-state index contributed by atoms with van der Waals surface area (Å²) < 4.78 is 4.98. The van der Waals surface area contributed by atoms with Gasteiger partial charge in [0.1, 0.15) is 0 Å². The molecule has 1 aromatic rings. The van der Waals surface area contributed by atoms with Gasteiger partial charge in [0.25, 0.3) is 0 Å². The Morgan fingerprint density at radius 3 is 2.18 bits per heavy atom. The first-order chi connectivity index (χ1) is 4.34. The zero-order chi connectivity index (χ0) is 6.69. The molecule has 0 bridgehead atoms. The molecule has 56 valence electrons. The van der Waals surface area contributed by atoms with E-state index >= 15 is 0 Å². The average Bonchev–Trinajstić information content (AvgIpc) is 1.89. The maximum Gasteiger partial charge on any atom is 2.00 e. The summed E-state index contributed by atoms with van der Waals surface area (Å²) in [5.74, 6) is 0.845. The summed E-state index contributed by atoms with van der Waals surface area (Å²) >= 11 is 0. The predicted octanol–water partition coefficient (Wildman–Crippen LogP) is -1.50. The molecule has 11 heavy (non-hydrogen) atoms. The Labute approximate surface area is 101 Å². The zero-order valence-electron chi connectivity index (χ0n) is 6.51. The molecule has 0 heterocycles. The van der Waals surface area contributed by atoms with Gasteiger partial charge in [0.05, 0.1) is 7.11 Å². The standard InChI is InChI=1S/C8H9O.HI.Mg/c1-7-5-3-4-6-8(7)9-2;;/h3-6H,1H2,2H3;1H;/q-1;;+2/p-1. The predicted molar refractivity (Wildman–Crippen MR) is 43.2 cm³/mol. The van der Waals surface area contributed by atoms with Crippen LogP contribution in [0, 0.1) is 6.92 Å². The van der Waals surface area contributed by atoms with Crippen molar-refractivity contribution in [3.63, 3.8) is 0 Å². The first-order valence-corrected chi connectivity index (χ1v) is 2.79. The quantitative estimate of drug-likeness (QED) is 0.343. The Bertz CT molecular complexity index is 203. The second kappa shape index (κ2) is 7.06. The number of halogens is 1. The molecule has 0 atom stereocenters. The second-order valence-electron chi connectivity index (χ2n) is 1.81. The number of methoxy groups -OCH3 is 1. The average molecular weight is 272 g/mol. The number of benzene rings is 1. The summed E-state index contributed by atoms with van der Waals surface area (Å²) in [6, 6.07) is 7.67. The van der Waals surface area contributed by atoms with Crippen LogP contribution in [0.1, 0.15) is 5.56 Å². The van der Waals surface area contributed by atoms with E-state index in [4.69, 9.17) is 4.74 Å². The summed E-state index contributed by atoms with van der Waals surface area (Å²) in [5.41, 5.74) is 0.931. The van der Waals surface area contributed by atoms with Gasteiger partial charge < -0.3 is 28.7 Å². The molecule has 0 unspecified atom stereocenters. The van der Waals surface area contributed by atoms with E-state index in [0.717, 1.165) is 11.3 Å². The van der Waals surface area contributed by atoms with Crippen molar-refractivity contribution in [2.24, 2.45) is 0 Å². The molecule has 0 radical (unpaired) electrons. The summed E-state index contributed by atoms with van der Waals surface area (Å²) in [7, 11) is 1.64. The van der Waals surface area contributed by atoms with Gasteiger partial charge in [0.15, 0.2) is 0 Å². The van der Waals surface area contributed by atoms with Gasteiger partial charge in [-0.25, -0.2) is 0 Å².